The van der Waals surface area contributed by atoms with Crippen molar-refractivity contribution in [2.45, 2.75) is 6.92 Å². The average molecular weight is 214 g/mol. The van der Waals surface area contributed by atoms with Crippen LogP contribution in [0.15, 0.2) is 30.3 Å². The molecule has 1 rings (SSSR count). The predicted molar refractivity (Wildman–Crippen MR) is 66.3 cm³/mol. The predicted octanol–water partition coefficient (Wildman–Crippen LogP) is 1.42. The first-order valence-corrected chi connectivity index (χ1v) is 4.93. The molecule has 3 heteroatoms. The van der Waals surface area contributed by atoms with E-state index in [1.54, 1.807) is 25.1 Å². The summed E-state index contributed by atoms with van der Waals surface area (Å²) in [7, 11) is 0. The van der Waals surface area contributed by atoms with Crippen molar-refractivity contribution in [3.8, 4) is 11.8 Å². The van der Waals surface area contributed by atoms with Crippen LogP contribution in [0.25, 0.3) is 6.08 Å². The lowest BCUT2D eigenvalue weighted by atomic mass is 10.2. The first kappa shape index (κ1) is 11.9. The average Bonchev–Trinajstić information content (AvgIpc) is 2.27. The molecular weight excluding hydrogens is 200 g/mol. The SMILES string of the molecule is CC#CCNC(=O)/C=C/c1cccc(N)c1. The van der Waals surface area contributed by atoms with Crippen molar-refractivity contribution in [3.05, 3.63) is 35.9 Å². The Morgan fingerprint density at radius 3 is 3.06 bits per heavy atom. The van der Waals surface area contributed by atoms with Gasteiger partial charge in [-0.1, -0.05) is 18.1 Å². The number of hydrogen-bond donors (Lipinski definition) is 2. The maximum absolute atomic E-state index is 11.3. The summed E-state index contributed by atoms with van der Waals surface area (Å²) in [5, 5.41) is 2.64. The molecule has 0 aromatic heterocycles. The first-order valence-electron chi connectivity index (χ1n) is 4.93. The maximum atomic E-state index is 11.3. The van der Waals surface area contributed by atoms with Crippen molar-refractivity contribution in [2.24, 2.45) is 0 Å². The van der Waals surface area contributed by atoms with Crippen molar-refractivity contribution in [2.75, 3.05) is 12.3 Å². The van der Waals surface area contributed by atoms with Gasteiger partial charge in [-0.25, -0.2) is 0 Å². The molecule has 0 radical (unpaired) electrons. The van der Waals surface area contributed by atoms with Gasteiger partial charge in [0.05, 0.1) is 6.54 Å². The topological polar surface area (TPSA) is 55.1 Å². The second-order valence-electron chi connectivity index (χ2n) is 3.15. The van der Waals surface area contributed by atoms with E-state index in [1.165, 1.54) is 6.08 Å². The van der Waals surface area contributed by atoms with E-state index in [0.717, 1.165) is 5.56 Å². The van der Waals surface area contributed by atoms with Crippen LogP contribution in [0.1, 0.15) is 12.5 Å². The van der Waals surface area contributed by atoms with Crippen LogP contribution in [-0.2, 0) is 4.79 Å². The number of nitrogen functional groups attached to an aromatic ring is 1. The van der Waals surface area contributed by atoms with Crippen LogP contribution in [-0.4, -0.2) is 12.5 Å². The van der Waals surface area contributed by atoms with Gasteiger partial charge in [-0.3, -0.25) is 4.79 Å². The van der Waals surface area contributed by atoms with E-state index in [9.17, 15) is 4.79 Å². The van der Waals surface area contributed by atoms with E-state index >= 15 is 0 Å². The molecule has 0 atom stereocenters. The standard InChI is InChI=1S/C13H14N2O/c1-2-3-9-15-13(16)8-7-11-5-4-6-12(14)10-11/h4-8,10H,9,14H2,1H3,(H,15,16)/b8-7+. The lowest BCUT2D eigenvalue weighted by molar-refractivity contribution is -0.116. The number of amides is 1. The number of anilines is 1. The molecule has 0 saturated heterocycles. The lowest BCUT2D eigenvalue weighted by Gasteiger charge is -1.96. The van der Waals surface area contributed by atoms with Gasteiger partial charge in [-0.2, -0.15) is 0 Å². The fourth-order valence-corrected chi connectivity index (χ4v) is 1.11. The Labute approximate surface area is 95.3 Å². The van der Waals surface area contributed by atoms with Crippen LogP contribution in [0, 0.1) is 11.8 Å². The Kier molecular flexibility index (Phi) is 4.68. The second-order valence-corrected chi connectivity index (χ2v) is 3.15. The minimum atomic E-state index is -0.162. The van der Waals surface area contributed by atoms with Gasteiger partial charge in [0, 0.05) is 11.8 Å². The van der Waals surface area contributed by atoms with Crippen LogP contribution in [0.3, 0.4) is 0 Å². The van der Waals surface area contributed by atoms with E-state index in [-0.39, 0.29) is 5.91 Å². The summed E-state index contributed by atoms with van der Waals surface area (Å²) < 4.78 is 0. The minimum absolute atomic E-state index is 0.162. The molecule has 0 aliphatic carbocycles. The van der Waals surface area contributed by atoms with Gasteiger partial charge in [0.1, 0.15) is 0 Å². The van der Waals surface area contributed by atoms with E-state index < -0.39 is 0 Å². The van der Waals surface area contributed by atoms with Gasteiger partial charge in [0.15, 0.2) is 0 Å². The Morgan fingerprint density at radius 2 is 2.38 bits per heavy atom. The fraction of sp³-hybridized carbons (Fsp3) is 0.154. The molecule has 0 spiro atoms. The molecule has 0 aliphatic heterocycles. The quantitative estimate of drug-likeness (QED) is 0.454. The third kappa shape index (κ3) is 4.34. The lowest BCUT2D eigenvalue weighted by Crippen LogP contribution is -2.20. The number of carbonyl (C=O) groups is 1. The molecule has 3 N–H and O–H groups in total. The molecule has 0 fully saturated rings. The number of nitrogens with two attached hydrogens (primary N) is 1. The van der Waals surface area contributed by atoms with E-state index in [1.807, 2.05) is 12.1 Å². The highest BCUT2D eigenvalue weighted by atomic mass is 16.1. The summed E-state index contributed by atoms with van der Waals surface area (Å²) in [6.07, 6.45) is 3.18. The molecule has 1 amide bonds. The number of nitrogens with one attached hydrogen (secondary N) is 1. The van der Waals surface area contributed by atoms with Crippen molar-refractivity contribution < 1.29 is 4.79 Å². The van der Waals surface area contributed by atoms with E-state index in [2.05, 4.69) is 17.2 Å². The molecule has 0 heterocycles. The Hall–Kier alpha value is -2.21. The van der Waals surface area contributed by atoms with Gasteiger partial charge in [0.25, 0.3) is 0 Å². The third-order valence-electron chi connectivity index (χ3n) is 1.87. The van der Waals surface area contributed by atoms with Gasteiger partial charge in [-0.15, -0.1) is 5.92 Å². The highest BCUT2D eigenvalue weighted by Gasteiger charge is 1.92. The van der Waals surface area contributed by atoms with Crippen molar-refractivity contribution in [1.29, 1.82) is 0 Å². The molecule has 0 unspecified atom stereocenters. The number of rotatable bonds is 3. The number of benzene rings is 1. The summed E-state index contributed by atoms with van der Waals surface area (Å²) in [5.41, 5.74) is 7.19. The zero-order chi connectivity index (χ0) is 11.8. The zero-order valence-electron chi connectivity index (χ0n) is 9.16. The number of carbonyl (C=O) groups excluding carboxylic acids is 1. The van der Waals surface area contributed by atoms with Crippen LogP contribution < -0.4 is 11.1 Å². The summed E-state index contributed by atoms with van der Waals surface area (Å²) in [6.45, 7) is 2.10. The molecule has 0 bridgehead atoms. The first-order chi connectivity index (χ1) is 7.72. The maximum Gasteiger partial charge on any atom is 0.244 e. The van der Waals surface area contributed by atoms with Crippen LogP contribution in [0.4, 0.5) is 5.69 Å². The van der Waals surface area contributed by atoms with E-state index in [0.29, 0.717) is 12.2 Å². The monoisotopic (exact) mass is 214 g/mol. The molecule has 0 saturated carbocycles. The minimum Gasteiger partial charge on any atom is -0.399 e. The zero-order valence-corrected chi connectivity index (χ0v) is 9.16. The summed E-state index contributed by atoms with van der Waals surface area (Å²) >= 11 is 0. The second kappa shape index (κ2) is 6.31. The summed E-state index contributed by atoms with van der Waals surface area (Å²) in [4.78, 5) is 11.3. The molecule has 16 heavy (non-hydrogen) atoms. The number of hydrogen-bond acceptors (Lipinski definition) is 2. The van der Waals surface area contributed by atoms with Gasteiger partial charge < -0.3 is 11.1 Å². The van der Waals surface area contributed by atoms with Gasteiger partial charge in [0.2, 0.25) is 5.91 Å². The Morgan fingerprint density at radius 1 is 1.56 bits per heavy atom. The largest absolute Gasteiger partial charge is 0.399 e. The fourth-order valence-electron chi connectivity index (χ4n) is 1.11. The molecular formula is C13H14N2O. The van der Waals surface area contributed by atoms with Crippen molar-refractivity contribution in [1.82, 2.24) is 5.32 Å². The van der Waals surface area contributed by atoms with Gasteiger partial charge in [-0.05, 0) is 30.7 Å². The molecule has 1 aromatic rings. The van der Waals surface area contributed by atoms with Crippen LogP contribution in [0.2, 0.25) is 0 Å². The Bertz CT molecular complexity index is 452. The molecule has 1 aromatic carbocycles. The normalized spacial score (nSPS) is 9.56. The highest BCUT2D eigenvalue weighted by Crippen LogP contribution is 2.07. The summed E-state index contributed by atoms with van der Waals surface area (Å²) in [5.74, 6) is 5.29. The summed E-state index contributed by atoms with van der Waals surface area (Å²) in [6, 6.07) is 7.32. The van der Waals surface area contributed by atoms with Gasteiger partial charge >= 0.3 is 0 Å². The third-order valence-corrected chi connectivity index (χ3v) is 1.87. The molecule has 0 aliphatic rings. The van der Waals surface area contributed by atoms with Crippen molar-refractivity contribution >= 4 is 17.7 Å². The highest BCUT2D eigenvalue weighted by molar-refractivity contribution is 5.91. The Balaban J connectivity index is 2.52. The van der Waals surface area contributed by atoms with Crippen LogP contribution in [0.5, 0.6) is 0 Å². The smallest absolute Gasteiger partial charge is 0.244 e. The van der Waals surface area contributed by atoms with E-state index in [4.69, 9.17) is 5.73 Å². The van der Waals surface area contributed by atoms with Crippen molar-refractivity contribution in [3.63, 3.8) is 0 Å². The van der Waals surface area contributed by atoms with Crippen LogP contribution >= 0.6 is 0 Å². The molecule has 82 valence electrons. The molecule has 3 nitrogen and oxygen atoms in total.